The zero-order valence-electron chi connectivity index (χ0n) is 15.5. The fraction of sp³-hybridized carbons (Fsp3) is 0.667. The molecule has 3 heterocycles. The summed E-state index contributed by atoms with van der Waals surface area (Å²) >= 11 is 0. The number of carbonyl (C=O) groups excluding carboxylic acids is 1. The van der Waals surface area contributed by atoms with E-state index in [4.69, 9.17) is 9.47 Å². The number of likely N-dealkylation sites (tertiary alicyclic amines) is 1. The maximum Gasteiger partial charge on any atom is 0.253 e. The van der Waals surface area contributed by atoms with Crippen LogP contribution < -0.4 is 5.32 Å². The van der Waals surface area contributed by atoms with E-state index in [1.165, 1.54) is 24.8 Å². The Morgan fingerprint density at radius 1 is 1.12 bits per heavy atom. The number of nitrogens with one attached hydrogen (secondary N) is 1. The predicted molar refractivity (Wildman–Crippen MR) is 100 cm³/mol. The third kappa shape index (κ3) is 3.66. The van der Waals surface area contributed by atoms with Crippen LogP contribution in [0.2, 0.25) is 0 Å². The van der Waals surface area contributed by atoms with E-state index < -0.39 is 6.10 Å². The van der Waals surface area contributed by atoms with Crippen molar-refractivity contribution in [1.82, 2.24) is 10.2 Å². The number of ether oxygens (including phenoxy) is 2. The minimum atomic E-state index is -0.474. The number of benzene rings is 1. The molecular weight excluding hydrogens is 328 g/mol. The number of nitrogens with zero attached hydrogens (tertiary/aromatic N) is 1. The minimum absolute atomic E-state index is 0.0000243. The minimum Gasteiger partial charge on any atom is -0.381 e. The van der Waals surface area contributed by atoms with Crippen LogP contribution in [0.1, 0.15) is 49.3 Å². The molecule has 5 nitrogen and oxygen atoms in total. The zero-order valence-corrected chi connectivity index (χ0v) is 15.5. The molecule has 0 aliphatic carbocycles. The van der Waals surface area contributed by atoms with Crippen LogP contribution >= 0.6 is 0 Å². The molecule has 3 aliphatic heterocycles. The molecule has 1 aromatic carbocycles. The van der Waals surface area contributed by atoms with Crippen LogP contribution in [-0.4, -0.2) is 55.8 Å². The highest BCUT2D eigenvalue weighted by Gasteiger charge is 2.40. The van der Waals surface area contributed by atoms with Gasteiger partial charge in [-0.05, 0) is 56.3 Å². The van der Waals surface area contributed by atoms with Crippen molar-refractivity contribution in [3.63, 3.8) is 0 Å². The normalized spacial score (nSPS) is 26.1. The van der Waals surface area contributed by atoms with Gasteiger partial charge in [-0.1, -0.05) is 30.7 Å². The summed E-state index contributed by atoms with van der Waals surface area (Å²) in [6.45, 7) is 5.15. The first-order chi connectivity index (χ1) is 12.8. The summed E-state index contributed by atoms with van der Waals surface area (Å²) in [5, 5.41) is 3.24. The van der Waals surface area contributed by atoms with Crippen molar-refractivity contribution < 1.29 is 14.3 Å². The lowest BCUT2D eigenvalue weighted by molar-refractivity contribution is -0.135. The highest BCUT2D eigenvalue weighted by molar-refractivity contribution is 5.83. The van der Waals surface area contributed by atoms with Gasteiger partial charge in [-0.2, -0.15) is 0 Å². The van der Waals surface area contributed by atoms with Gasteiger partial charge in [-0.25, -0.2) is 0 Å². The molecule has 2 saturated heterocycles. The Balaban J connectivity index is 1.45. The number of carbonyl (C=O) groups is 1. The quantitative estimate of drug-likeness (QED) is 0.898. The second kappa shape index (κ2) is 8.07. The molecule has 0 bridgehead atoms. The Morgan fingerprint density at radius 3 is 2.69 bits per heavy atom. The molecule has 3 aliphatic rings. The Bertz CT molecular complexity index is 621. The first-order valence-corrected chi connectivity index (χ1v) is 10.1. The van der Waals surface area contributed by atoms with E-state index in [1.807, 2.05) is 18.2 Å². The molecule has 142 valence electrons. The first-order valence-electron chi connectivity index (χ1n) is 10.1. The van der Waals surface area contributed by atoms with Gasteiger partial charge in [0.2, 0.25) is 0 Å². The van der Waals surface area contributed by atoms with Gasteiger partial charge in [0, 0.05) is 25.3 Å². The first kappa shape index (κ1) is 18.0. The molecule has 1 aromatic rings. The molecule has 26 heavy (non-hydrogen) atoms. The third-order valence-electron chi connectivity index (χ3n) is 6.27. The second-order valence-electron chi connectivity index (χ2n) is 7.80. The van der Waals surface area contributed by atoms with Gasteiger partial charge in [0.15, 0.2) is 6.10 Å². The Morgan fingerprint density at radius 2 is 1.88 bits per heavy atom. The maximum atomic E-state index is 12.9. The molecule has 2 fully saturated rings. The van der Waals surface area contributed by atoms with Crippen LogP contribution in [0.15, 0.2) is 24.3 Å². The standard InChI is InChI=1S/C21H30N2O3/c24-20(19-18-7-3-2-6-17(18)8-13-26-19)22-16-21(9-14-25-15-10-21)23-11-4-1-5-12-23/h2-3,6-7,19H,1,4-5,8-16H2,(H,22,24). The predicted octanol–water partition coefficient (Wildman–Crippen LogP) is 2.45. The average molecular weight is 358 g/mol. The molecule has 4 rings (SSSR count). The maximum absolute atomic E-state index is 12.9. The summed E-state index contributed by atoms with van der Waals surface area (Å²) in [5.74, 6) is 0.0000243. The van der Waals surface area contributed by atoms with Gasteiger partial charge >= 0.3 is 0 Å². The lowest BCUT2D eigenvalue weighted by Crippen LogP contribution is -2.60. The lowest BCUT2D eigenvalue weighted by Gasteiger charge is -2.48. The number of hydrogen-bond donors (Lipinski definition) is 1. The third-order valence-corrected chi connectivity index (χ3v) is 6.27. The smallest absolute Gasteiger partial charge is 0.253 e. The molecule has 0 spiro atoms. The van der Waals surface area contributed by atoms with Crippen LogP contribution in [0.25, 0.3) is 0 Å². The zero-order chi connectivity index (χ0) is 17.8. The van der Waals surface area contributed by atoms with Crippen molar-refractivity contribution >= 4 is 5.91 Å². The monoisotopic (exact) mass is 358 g/mol. The van der Waals surface area contributed by atoms with Gasteiger partial charge in [-0.3, -0.25) is 9.69 Å². The van der Waals surface area contributed by atoms with Crippen LogP contribution in [-0.2, 0) is 20.7 Å². The summed E-state index contributed by atoms with van der Waals surface area (Å²) in [7, 11) is 0. The Hall–Kier alpha value is -1.43. The molecule has 1 amide bonds. The van der Waals surface area contributed by atoms with Crippen LogP contribution in [0.4, 0.5) is 0 Å². The van der Waals surface area contributed by atoms with Crippen LogP contribution in [0.3, 0.4) is 0 Å². The summed E-state index contributed by atoms with van der Waals surface area (Å²) < 4.78 is 11.5. The van der Waals surface area contributed by atoms with E-state index in [-0.39, 0.29) is 11.4 Å². The number of hydrogen-bond acceptors (Lipinski definition) is 4. The van der Waals surface area contributed by atoms with Crippen molar-refractivity contribution in [3.05, 3.63) is 35.4 Å². The fourth-order valence-electron chi connectivity index (χ4n) is 4.68. The molecular formula is C21H30N2O3. The molecule has 1 atom stereocenters. The van der Waals surface area contributed by atoms with Crippen molar-refractivity contribution in [2.24, 2.45) is 0 Å². The topological polar surface area (TPSA) is 50.8 Å². The van der Waals surface area contributed by atoms with Gasteiger partial charge in [0.05, 0.1) is 6.61 Å². The summed E-state index contributed by atoms with van der Waals surface area (Å²) in [6, 6.07) is 8.15. The van der Waals surface area contributed by atoms with Crippen LogP contribution in [0, 0.1) is 0 Å². The molecule has 0 saturated carbocycles. The molecule has 5 heteroatoms. The van der Waals surface area contributed by atoms with E-state index in [1.54, 1.807) is 0 Å². The van der Waals surface area contributed by atoms with Crippen molar-refractivity contribution in [2.45, 2.75) is 50.2 Å². The summed E-state index contributed by atoms with van der Waals surface area (Å²) in [4.78, 5) is 15.5. The average Bonchev–Trinajstić information content (AvgIpc) is 2.73. The number of rotatable bonds is 4. The number of fused-ring (bicyclic) bond motifs is 1. The van der Waals surface area contributed by atoms with Crippen molar-refractivity contribution in [3.8, 4) is 0 Å². The largest absolute Gasteiger partial charge is 0.381 e. The lowest BCUT2D eigenvalue weighted by atomic mass is 9.86. The van der Waals surface area contributed by atoms with E-state index in [0.717, 1.165) is 51.1 Å². The molecule has 0 aromatic heterocycles. The fourth-order valence-corrected chi connectivity index (χ4v) is 4.68. The van der Waals surface area contributed by atoms with Gasteiger partial charge in [0.1, 0.15) is 0 Å². The van der Waals surface area contributed by atoms with E-state index in [2.05, 4.69) is 16.3 Å². The van der Waals surface area contributed by atoms with Gasteiger partial charge < -0.3 is 14.8 Å². The van der Waals surface area contributed by atoms with Crippen molar-refractivity contribution in [2.75, 3.05) is 39.5 Å². The van der Waals surface area contributed by atoms with E-state index >= 15 is 0 Å². The molecule has 1 N–H and O–H groups in total. The number of piperidine rings is 1. The molecule has 1 unspecified atom stereocenters. The summed E-state index contributed by atoms with van der Waals surface area (Å²) in [6.07, 6.45) is 6.24. The Kier molecular flexibility index (Phi) is 5.57. The van der Waals surface area contributed by atoms with Gasteiger partial charge in [-0.15, -0.1) is 0 Å². The Labute approximate surface area is 156 Å². The second-order valence-corrected chi connectivity index (χ2v) is 7.80. The summed E-state index contributed by atoms with van der Waals surface area (Å²) in [5.41, 5.74) is 2.30. The SMILES string of the molecule is O=C(NCC1(N2CCCCC2)CCOCC1)C1OCCc2ccccc21. The number of amides is 1. The molecule has 0 radical (unpaired) electrons. The van der Waals surface area contributed by atoms with E-state index in [9.17, 15) is 4.79 Å². The van der Waals surface area contributed by atoms with Crippen LogP contribution in [0.5, 0.6) is 0 Å². The highest BCUT2D eigenvalue weighted by Crippen LogP contribution is 2.31. The highest BCUT2D eigenvalue weighted by atomic mass is 16.5. The van der Waals surface area contributed by atoms with E-state index in [0.29, 0.717) is 13.2 Å². The van der Waals surface area contributed by atoms with Crippen molar-refractivity contribution in [1.29, 1.82) is 0 Å². The van der Waals surface area contributed by atoms with Gasteiger partial charge in [0.25, 0.3) is 5.91 Å².